The largest absolute Gasteiger partial charge is 0.494 e. The highest BCUT2D eigenvalue weighted by Crippen LogP contribution is 2.38. The summed E-state index contributed by atoms with van der Waals surface area (Å²) in [5.74, 6) is 0. The van der Waals surface area contributed by atoms with Gasteiger partial charge < -0.3 is 23.6 Å². The monoisotopic (exact) mass is 449 g/mol. The molecule has 2 aromatic carbocycles. The van der Waals surface area contributed by atoms with Crippen molar-refractivity contribution >= 4 is 47.0 Å². The number of hydrogen-bond donors (Lipinski definition) is 1. The van der Waals surface area contributed by atoms with E-state index in [1.54, 1.807) is 0 Å². The van der Waals surface area contributed by atoms with Crippen molar-refractivity contribution in [3.63, 3.8) is 0 Å². The molecule has 0 aliphatic carbocycles. The van der Waals surface area contributed by atoms with Gasteiger partial charge in [0.2, 0.25) is 0 Å². The van der Waals surface area contributed by atoms with Gasteiger partial charge in [-0.1, -0.05) is 38.1 Å². The lowest BCUT2D eigenvalue weighted by Gasteiger charge is -2.32. The van der Waals surface area contributed by atoms with Crippen molar-refractivity contribution in [1.29, 1.82) is 0 Å². The van der Waals surface area contributed by atoms with Crippen LogP contribution in [0.3, 0.4) is 0 Å². The highest BCUT2D eigenvalue weighted by molar-refractivity contribution is 6.63. The van der Waals surface area contributed by atoms with Crippen LogP contribution in [0.1, 0.15) is 69.2 Å². The van der Waals surface area contributed by atoms with Crippen LogP contribution in [-0.2, 0) is 18.6 Å². The first-order valence-electron chi connectivity index (χ1n) is 12.1. The second-order valence-electron chi connectivity index (χ2n) is 10.9. The Labute approximate surface area is 198 Å². The van der Waals surface area contributed by atoms with Crippen LogP contribution >= 0.6 is 0 Å². The normalized spacial score (nSPS) is 22.6. The number of fused-ring (bicyclic) bond motifs is 3. The summed E-state index contributed by atoms with van der Waals surface area (Å²) < 4.78 is 24.9. The maximum atomic E-state index is 6.23. The predicted octanol–water partition coefficient (Wildman–Crippen LogP) is 4.95. The van der Waals surface area contributed by atoms with Crippen LogP contribution in [0.2, 0.25) is 0 Å². The summed E-state index contributed by atoms with van der Waals surface area (Å²) in [6, 6.07) is 12.7. The van der Waals surface area contributed by atoms with Crippen molar-refractivity contribution < 1.29 is 18.6 Å². The first-order chi connectivity index (χ1) is 15.3. The molecule has 0 bridgehead atoms. The molecular weight excluding hydrogens is 412 g/mol. The molecule has 2 aliphatic heterocycles. The first kappa shape index (κ1) is 24.3. The lowest BCUT2D eigenvalue weighted by atomic mass is 9.78. The number of H-pyrrole nitrogens is 1. The van der Waals surface area contributed by atoms with Crippen molar-refractivity contribution in [2.24, 2.45) is 0 Å². The zero-order valence-corrected chi connectivity index (χ0v) is 21.8. The van der Waals surface area contributed by atoms with E-state index in [1.807, 2.05) is 13.8 Å². The third kappa shape index (κ3) is 3.93. The highest BCUT2D eigenvalue weighted by Gasteiger charge is 2.52. The molecule has 3 aromatic rings. The number of aromatic amines is 1. The van der Waals surface area contributed by atoms with Gasteiger partial charge in [0.15, 0.2) is 0 Å². The molecule has 33 heavy (non-hydrogen) atoms. The Hall–Kier alpha value is -1.79. The molecule has 176 valence electrons. The van der Waals surface area contributed by atoms with Gasteiger partial charge in [-0.25, -0.2) is 0 Å². The van der Waals surface area contributed by atoms with Gasteiger partial charge in [-0.3, -0.25) is 0 Å². The van der Waals surface area contributed by atoms with E-state index in [-0.39, 0.29) is 36.6 Å². The summed E-state index contributed by atoms with van der Waals surface area (Å²) in [7, 11) is -0.748. The Morgan fingerprint density at radius 1 is 0.545 bits per heavy atom. The molecule has 0 unspecified atom stereocenters. The quantitative estimate of drug-likeness (QED) is 0.563. The van der Waals surface area contributed by atoms with Crippen LogP contribution in [-0.4, -0.2) is 41.6 Å². The third-order valence-electron chi connectivity index (χ3n) is 7.70. The van der Waals surface area contributed by atoms with E-state index in [4.69, 9.17) is 18.6 Å². The number of nitrogens with one attached hydrogen (secondary N) is 1. The maximum absolute atomic E-state index is 6.23. The minimum absolute atomic E-state index is 0.356. The Morgan fingerprint density at radius 2 is 0.848 bits per heavy atom. The maximum Gasteiger partial charge on any atom is 0.494 e. The van der Waals surface area contributed by atoms with E-state index in [0.29, 0.717) is 0 Å². The van der Waals surface area contributed by atoms with Gasteiger partial charge in [-0.15, -0.1) is 0 Å². The van der Waals surface area contributed by atoms with Crippen molar-refractivity contribution in [2.45, 2.75) is 91.6 Å². The van der Waals surface area contributed by atoms with Gasteiger partial charge in [0.1, 0.15) is 0 Å². The third-order valence-corrected chi connectivity index (χ3v) is 7.70. The average molecular weight is 449 g/mol. The summed E-state index contributed by atoms with van der Waals surface area (Å²) in [6.45, 7) is 20.6. The van der Waals surface area contributed by atoms with Gasteiger partial charge in [0.25, 0.3) is 0 Å². The SMILES string of the molecule is CC.CC1(C)OB(c2ccc3c(c2)[nH]c2cc(B4OC(C)(C)C(C)(C)O4)ccc23)OC1(C)C. The Morgan fingerprint density at radius 3 is 1.15 bits per heavy atom. The fraction of sp³-hybridized carbons (Fsp3) is 0.538. The van der Waals surface area contributed by atoms with Crippen molar-refractivity contribution in [3.05, 3.63) is 36.4 Å². The summed E-state index contributed by atoms with van der Waals surface area (Å²) in [6.07, 6.45) is 0. The second-order valence-corrected chi connectivity index (χ2v) is 10.9. The minimum atomic E-state index is -0.374. The molecule has 5 nitrogen and oxygen atoms in total. The average Bonchev–Trinajstić information content (AvgIpc) is 3.28. The van der Waals surface area contributed by atoms with E-state index in [1.165, 1.54) is 10.8 Å². The molecule has 0 atom stereocenters. The second kappa shape index (κ2) is 7.88. The summed E-state index contributed by atoms with van der Waals surface area (Å²) in [5, 5.41) is 2.35. The van der Waals surface area contributed by atoms with Crippen LogP contribution in [0.5, 0.6) is 0 Å². The van der Waals surface area contributed by atoms with Gasteiger partial charge in [-0.05, 0) is 78.4 Å². The lowest BCUT2D eigenvalue weighted by Crippen LogP contribution is -2.41. The summed E-state index contributed by atoms with van der Waals surface area (Å²) >= 11 is 0. The number of rotatable bonds is 2. The fourth-order valence-corrected chi connectivity index (χ4v) is 4.20. The zero-order valence-electron chi connectivity index (χ0n) is 21.8. The van der Waals surface area contributed by atoms with Gasteiger partial charge in [-0.2, -0.15) is 0 Å². The summed E-state index contributed by atoms with van der Waals surface area (Å²) in [5.41, 5.74) is 2.74. The topological polar surface area (TPSA) is 52.7 Å². The van der Waals surface area contributed by atoms with Crippen molar-refractivity contribution in [2.75, 3.05) is 0 Å². The lowest BCUT2D eigenvalue weighted by molar-refractivity contribution is 0.00578. The Kier molecular flexibility index (Phi) is 5.81. The molecule has 5 rings (SSSR count). The van der Waals surface area contributed by atoms with Crippen LogP contribution in [0, 0.1) is 0 Å². The van der Waals surface area contributed by atoms with Crippen molar-refractivity contribution in [3.8, 4) is 0 Å². The van der Waals surface area contributed by atoms with Gasteiger partial charge >= 0.3 is 14.2 Å². The van der Waals surface area contributed by atoms with E-state index < -0.39 is 0 Å². The summed E-state index contributed by atoms with van der Waals surface area (Å²) in [4.78, 5) is 3.57. The molecule has 0 amide bonds. The molecule has 2 fully saturated rings. The first-order valence-corrected chi connectivity index (χ1v) is 12.1. The number of aromatic nitrogens is 1. The standard InChI is InChI=1S/C24H31B2NO4.C2H6/c1-21(2)22(3,4)29-25(28-21)15-9-11-17-18-12-10-16(14-20(18)27-19(17)13-15)26-30-23(5,6)24(7,8)31-26;1-2/h9-14,27H,1-8H3;1-2H3. The molecule has 0 spiro atoms. The van der Waals surface area contributed by atoms with Crippen LogP contribution < -0.4 is 10.9 Å². The molecule has 1 N–H and O–H groups in total. The number of benzene rings is 2. The smallest absolute Gasteiger partial charge is 0.399 e. The van der Waals surface area contributed by atoms with E-state index in [2.05, 4.69) is 96.8 Å². The van der Waals surface area contributed by atoms with Crippen LogP contribution in [0.25, 0.3) is 21.8 Å². The number of hydrogen-bond acceptors (Lipinski definition) is 4. The molecule has 7 heteroatoms. The molecule has 3 heterocycles. The zero-order chi connectivity index (χ0) is 24.4. The van der Waals surface area contributed by atoms with Crippen LogP contribution in [0.4, 0.5) is 0 Å². The minimum Gasteiger partial charge on any atom is -0.399 e. The Balaban J connectivity index is 0.00000126. The fourth-order valence-electron chi connectivity index (χ4n) is 4.20. The Bertz CT molecular complexity index is 1060. The van der Waals surface area contributed by atoms with Gasteiger partial charge in [0.05, 0.1) is 22.4 Å². The molecule has 0 saturated carbocycles. The van der Waals surface area contributed by atoms with E-state index in [9.17, 15) is 0 Å². The van der Waals surface area contributed by atoms with E-state index >= 15 is 0 Å². The van der Waals surface area contributed by atoms with E-state index in [0.717, 1.165) is 22.0 Å². The highest BCUT2D eigenvalue weighted by atomic mass is 16.7. The molecule has 1 aromatic heterocycles. The molecule has 2 saturated heterocycles. The molecular formula is C26H37B2NO4. The van der Waals surface area contributed by atoms with Crippen LogP contribution in [0.15, 0.2) is 36.4 Å². The molecule has 0 radical (unpaired) electrons. The van der Waals surface area contributed by atoms with Crippen molar-refractivity contribution in [1.82, 2.24) is 4.98 Å². The predicted molar refractivity (Wildman–Crippen MR) is 139 cm³/mol. The van der Waals surface area contributed by atoms with Gasteiger partial charge in [0, 0.05) is 21.8 Å². The molecule has 2 aliphatic rings.